The molecule has 0 aromatic heterocycles. The summed E-state index contributed by atoms with van der Waals surface area (Å²) >= 11 is 3.17. The molecule has 1 aromatic rings. The van der Waals surface area contributed by atoms with Crippen molar-refractivity contribution < 1.29 is 4.92 Å². The Morgan fingerprint density at radius 1 is 1.33 bits per heavy atom. The van der Waals surface area contributed by atoms with Gasteiger partial charge in [0.1, 0.15) is 0 Å². The third kappa shape index (κ3) is 1.03. The van der Waals surface area contributed by atoms with E-state index in [2.05, 4.69) is 15.9 Å². The maximum absolute atomic E-state index is 10.5. The first kappa shape index (κ1) is 7.73. The Kier molecular flexibility index (Phi) is 1.65. The van der Waals surface area contributed by atoms with Gasteiger partial charge in [-0.15, -0.1) is 0 Å². The lowest BCUT2D eigenvalue weighted by Crippen LogP contribution is -2.08. The lowest BCUT2D eigenvalue weighted by molar-refractivity contribution is -0.385. The molecule has 1 aliphatic carbocycles. The maximum atomic E-state index is 10.5. The summed E-state index contributed by atoms with van der Waals surface area (Å²) in [5, 5.41) is 10.5. The molecule has 0 amide bonds. The largest absolute Gasteiger partial charge is 0.283 e. The third-order valence-corrected chi connectivity index (χ3v) is 2.76. The van der Waals surface area contributed by atoms with Gasteiger partial charge in [0.25, 0.3) is 5.69 Å². The number of benzene rings is 1. The van der Waals surface area contributed by atoms with Crippen molar-refractivity contribution in [3.8, 4) is 0 Å². The highest BCUT2D eigenvalue weighted by molar-refractivity contribution is 9.10. The molecule has 0 fully saturated rings. The number of rotatable bonds is 1. The van der Waals surface area contributed by atoms with Crippen LogP contribution in [0.1, 0.15) is 11.1 Å². The lowest BCUT2D eigenvalue weighted by Gasteiger charge is -2.17. The molecule has 1 aromatic carbocycles. The minimum atomic E-state index is -0.358. The molecule has 0 N–H and O–H groups in total. The molecule has 0 saturated heterocycles. The number of nitro groups is 1. The molecular formula is C8H6BrNO2. The molecule has 0 spiro atoms. The van der Waals surface area contributed by atoms with E-state index in [1.807, 2.05) is 6.07 Å². The van der Waals surface area contributed by atoms with Gasteiger partial charge in [-0.25, -0.2) is 0 Å². The van der Waals surface area contributed by atoms with Crippen molar-refractivity contribution in [1.29, 1.82) is 0 Å². The Balaban J connectivity index is 2.56. The Hall–Kier alpha value is -0.900. The van der Waals surface area contributed by atoms with E-state index in [4.69, 9.17) is 0 Å². The highest BCUT2D eigenvalue weighted by Gasteiger charge is 2.20. The zero-order valence-electron chi connectivity index (χ0n) is 6.21. The predicted molar refractivity (Wildman–Crippen MR) is 48.2 cm³/mol. The van der Waals surface area contributed by atoms with Crippen LogP contribution in [0.5, 0.6) is 0 Å². The molecule has 62 valence electrons. The van der Waals surface area contributed by atoms with Crippen molar-refractivity contribution in [2.45, 2.75) is 12.8 Å². The smallest absolute Gasteiger partial charge is 0.258 e. The molecule has 1 aliphatic rings. The van der Waals surface area contributed by atoms with E-state index in [0.29, 0.717) is 4.47 Å². The van der Waals surface area contributed by atoms with E-state index in [0.717, 1.165) is 18.4 Å². The molecule has 0 unspecified atom stereocenters. The second-order valence-corrected chi connectivity index (χ2v) is 3.68. The van der Waals surface area contributed by atoms with E-state index in [9.17, 15) is 10.1 Å². The van der Waals surface area contributed by atoms with Crippen LogP contribution >= 0.6 is 15.9 Å². The number of aryl methyl sites for hydroxylation is 2. The number of hydrogen-bond acceptors (Lipinski definition) is 2. The van der Waals surface area contributed by atoms with Crippen LogP contribution in [-0.2, 0) is 12.8 Å². The predicted octanol–water partition coefficient (Wildman–Crippen LogP) is 2.46. The van der Waals surface area contributed by atoms with Gasteiger partial charge in [0.05, 0.1) is 9.40 Å². The van der Waals surface area contributed by atoms with Crippen LogP contribution in [0.3, 0.4) is 0 Å². The van der Waals surface area contributed by atoms with E-state index >= 15 is 0 Å². The quantitative estimate of drug-likeness (QED) is 0.547. The molecule has 0 saturated carbocycles. The van der Waals surface area contributed by atoms with Crippen molar-refractivity contribution in [2.75, 3.05) is 0 Å². The molecule has 0 aliphatic heterocycles. The number of hydrogen-bond donors (Lipinski definition) is 0. The van der Waals surface area contributed by atoms with E-state index in [-0.39, 0.29) is 10.6 Å². The van der Waals surface area contributed by atoms with Crippen molar-refractivity contribution in [3.63, 3.8) is 0 Å². The van der Waals surface area contributed by atoms with Gasteiger partial charge in [0.2, 0.25) is 0 Å². The summed E-state index contributed by atoms with van der Waals surface area (Å²) in [5.74, 6) is 0. The molecule has 0 atom stereocenters. The Morgan fingerprint density at radius 2 is 1.92 bits per heavy atom. The topological polar surface area (TPSA) is 43.1 Å². The third-order valence-electron chi connectivity index (χ3n) is 2.13. The Morgan fingerprint density at radius 3 is 2.42 bits per heavy atom. The standard InChI is InChI=1S/C8H6BrNO2/c9-7-3-5-1-2-6(5)4-8(7)10(11)12/h3-4H,1-2H2. The van der Waals surface area contributed by atoms with Gasteiger partial charge in [-0.05, 0) is 46.0 Å². The molecule has 0 heterocycles. The van der Waals surface area contributed by atoms with Gasteiger partial charge in [0, 0.05) is 6.07 Å². The highest BCUT2D eigenvalue weighted by Crippen LogP contribution is 2.33. The van der Waals surface area contributed by atoms with Crippen LogP contribution in [0.2, 0.25) is 0 Å². The van der Waals surface area contributed by atoms with Gasteiger partial charge in [-0.3, -0.25) is 10.1 Å². The van der Waals surface area contributed by atoms with Gasteiger partial charge in [-0.1, -0.05) is 0 Å². The fourth-order valence-corrected chi connectivity index (χ4v) is 1.88. The Labute approximate surface area is 77.7 Å². The molecule has 12 heavy (non-hydrogen) atoms. The van der Waals surface area contributed by atoms with Crippen molar-refractivity contribution >= 4 is 21.6 Å². The zero-order chi connectivity index (χ0) is 8.72. The normalized spacial score (nSPS) is 13.4. The average molecular weight is 228 g/mol. The molecular weight excluding hydrogens is 222 g/mol. The van der Waals surface area contributed by atoms with Gasteiger partial charge in [-0.2, -0.15) is 0 Å². The zero-order valence-corrected chi connectivity index (χ0v) is 7.80. The lowest BCUT2D eigenvalue weighted by atomic mass is 9.88. The number of nitrogens with zero attached hydrogens (tertiary/aromatic N) is 1. The summed E-state index contributed by atoms with van der Waals surface area (Å²) in [5.41, 5.74) is 2.52. The molecule has 0 radical (unpaired) electrons. The highest BCUT2D eigenvalue weighted by atomic mass is 79.9. The number of nitro benzene ring substituents is 1. The second kappa shape index (κ2) is 2.55. The first-order valence-electron chi connectivity index (χ1n) is 3.64. The van der Waals surface area contributed by atoms with Crippen LogP contribution < -0.4 is 0 Å². The van der Waals surface area contributed by atoms with Crippen LogP contribution in [0.4, 0.5) is 5.69 Å². The fourth-order valence-electron chi connectivity index (χ4n) is 1.34. The number of fused-ring (bicyclic) bond motifs is 1. The minimum absolute atomic E-state index is 0.174. The van der Waals surface area contributed by atoms with Crippen molar-refractivity contribution in [1.82, 2.24) is 0 Å². The van der Waals surface area contributed by atoms with Crippen LogP contribution in [-0.4, -0.2) is 4.92 Å². The summed E-state index contributed by atoms with van der Waals surface area (Å²) in [6, 6.07) is 3.50. The SMILES string of the molecule is O=[N+]([O-])c1cc2c(cc1Br)CC2. The summed E-state index contributed by atoms with van der Waals surface area (Å²) < 4.78 is 0.589. The second-order valence-electron chi connectivity index (χ2n) is 2.83. The van der Waals surface area contributed by atoms with Gasteiger partial charge in [0.15, 0.2) is 0 Å². The first-order chi connectivity index (χ1) is 5.68. The van der Waals surface area contributed by atoms with E-state index in [1.165, 1.54) is 5.56 Å². The maximum Gasteiger partial charge on any atom is 0.283 e. The monoisotopic (exact) mass is 227 g/mol. The summed E-state index contributed by atoms with van der Waals surface area (Å²) in [6.45, 7) is 0. The molecule has 3 nitrogen and oxygen atoms in total. The number of halogens is 1. The Bertz CT molecular complexity index is 362. The van der Waals surface area contributed by atoms with E-state index < -0.39 is 0 Å². The van der Waals surface area contributed by atoms with Crippen molar-refractivity contribution in [2.24, 2.45) is 0 Å². The van der Waals surface area contributed by atoms with E-state index in [1.54, 1.807) is 6.07 Å². The van der Waals surface area contributed by atoms with Crippen LogP contribution in [0.25, 0.3) is 0 Å². The summed E-state index contributed by atoms with van der Waals surface area (Å²) in [4.78, 5) is 10.1. The van der Waals surface area contributed by atoms with Crippen molar-refractivity contribution in [3.05, 3.63) is 37.8 Å². The summed E-state index contributed by atoms with van der Waals surface area (Å²) in [6.07, 6.45) is 2.02. The molecule has 2 rings (SSSR count). The fraction of sp³-hybridized carbons (Fsp3) is 0.250. The van der Waals surface area contributed by atoms with Crippen LogP contribution in [0, 0.1) is 10.1 Å². The molecule has 0 bridgehead atoms. The minimum Gasteiger partial charge on any atom is -0.258 e. The van der Waals surface area contributed by atoms with Gasteiger partial charge >= 0.3 is 0 Å². The van der Waals surface area contributed by atoms with Crippen LogP contribution in [0.15, 0.2) is 16.6 Å². The first-order valence-corrected chi connectivity index (χ1v) is 4.43. The summed E-state index contributed by atoms with van der Waals surface area (Å²) in [7, 11) is 0. The average Bonchev–Trinajstić information content (AvgIpc) is 1.96. The van der Waals surface area contributed by atoms with Gasteiger partial charge < -0.3 is 0 Å². The molecule has 4 heteroatoms.